The van der Waals surface area contributed by atoms with E-state index in [-0.39, 0.29) is 40.2 Å². The van der Waals surface area contributed by atoms with Gasteiger partial charge in [0.25, 0.3) is 0 Å². The van der Waals surface area contributed by atoms with Crippen molar-refractivity contribution in [1.29, 1.82) is 0 Å². The van der Waals surface area contributed by atoms with Gasteiger partial charge in [-0.15, -0.1) is 0 Å². The maximum Gasteiger partial charge on any atom is 0.244 e. The zero-order valence-electron chi connectivity index (χ0n) is 17.8. The lowest BCUT2D eigenvalue weighted by atomic mass is 10.2. The van der Waals surface area contributed by atoms with Crippen molar-refractivity contribution in [3.05, 3.63) is 46.4 Å². The van der Waals surface area contributed by atoms with Crippen LogP contribution in [0.1, 0.15) is 32.4 Å². The molecule has 1 aliphatic heterocycles. The Balaban J connectivity index is 1.78. The van der Waals surface area contributed by atoms with Crippen molar-refractivity contribution in [3.8, 4) is 11.5 Å². The van der Waals surface area contributed by atoms with Gasteiger partial charge < -0.3 is 19.4 Å². The minimum absolute atomic E-state index is 0.0428. The van der Waals surface area contributed by atoms with E-state index in [4.69, 9.17) is 9.47 Å². The second-order valence-electron chi connectivity index (χ2n) is 7.70. The first kappa shape index (κ1) is 22.8. The van der Waals surface area contributed by atoms with Gasteiger partial charge in [0.15, 0.2) is 5.75 Å². The molecular weight excluding hydrogens is 422 g/mol. The fourth-order valence-electron chi connectivity index (χ4n) is 3.19. The van der Waals surface area contributed by atoms with E-state index < -0.39 is 10.0 Å². The molecule has 168 valence electrons. The number of anilines is 1. The second kappa shape index (κ2) is 9.52. The number of H-pyrrole nitrogens is 1. The third kappa shape index (κ3) is 5.45. The van der Waals surface area contributed by atoms with Crippen molar-refractivity contribution < 1.29 is 22.7 Å². The molecule has 10 heteroatoms. The van der Waals surface area contributed by atoms with Crippen molar-refractivity contribution in [3.63, 3.8) is 0 Å². The average Bonchev–Trinajstić information content (AvgIpc) is 3.17. The maximum atomic E-state index is 13.0. The number of carbonyl (C=O) groups excluding carboxylic acids is 1. The van der Waals surface area contributed by atoms with Gasteiger partial charge in [-0.25, -0.2) is 13.1 Å². The van der Waals surface area contributed by atoms with Gasteiger partial charge in [-0.3, -0.25) is 9.59 Å². The number of ether oxygens (including phenoxy) is 2. The molecule has 0 bridgehead atoms. The summed E-state index contributed by atoms with van der Waals surface area (Å²) in [5, 5.41) is 0. The van der Waals surface area contributed by atoms with E-state index in [0.717, 1.165) is 6.42 Å². The standard InChI is InChI=1S/C21H27N3O6S/c1-14(2)13-30-19-12-22-15(9-17(19)25)11-23-31(27,28)20-10-16(6-7-18(20)29-3)24-8-4-5-21(24)26/h6-7,9-10,12,14,23H,4-5,8,11,13H2,1-3H3,(H,22,25). The second-order valence-corrected chi connectivity index (χ2v) is 9.44. The quantitative estimate of drug-likeness (QED) is 0.605. The molecule has 1 amide bonds. The summed E-state index contributed by atoms with van der Waals surface area (Å²) in [4.78, 5) is 28.6. The number of hydrogen-bond donors (Lipinski definition) is 2. The first-order chi connectivity index (χ1) is 14.7. The highest BCUT2D eigenvalue weighted by molar-refractivity contribution is 7.89. The SMILES string of the molecule is COc1ccc(N2CCCC2=O)cc1S(=O)(=O)NCc1cc(=O)c(OCC(C)C)c[nH]1. The van der Waals surface area contributed by atoms with E-state index in [1.54, 1.807) is 11.0 Å². The number of methoxy groups -OCH3 is 1. The zero-order chi connectivity index (χ0) is 22.6. The Bertz CT molecular complexity index is 1110. The van der Waals surface area contributed by atoms with Crippen molar-refractivity contribution in [2.24, 2.45) is 5.92 Å². The van der Waals surface area contributed by atoms with Crippen molar-refractivity contribution in [2.75, 3.05) is 25.2 Å². The molecule has 0 atom stereocenters. The number of sulfonamides is 1. The summed E-state index contributed by atoms with van der Waals surface area (Å²) in [5.74, 6) is 0.574. The fourth-order valence-corrected chi connectivity index (χ4v) is 4.38. The predicted molar refractivity (Wildman–Crippen MR) is 116 cm³/mol. The number of pyridine rings is 1. The van der Waals surface area contributed by atoms with E-state index in [1.165, 1.54) is 31.5 Å². The van der Waals surface area contributed by atoms with Gasteiger partial charge in [0, 0.05) is 36.6 Å². The monoisotopic (exact) mass is 449 g/mol. The molecule has 0 aliphatic carbocycles. The van der Waals surface area contributed by atoms with Crippen LogP contribution >= 0.6 is 0 Å². The molecule has 9 nitrogen and oxygen atoms in total. The summed E-state index contributed by atoms with van der Waals surface area (Å²) < 4.78 is 39.0. The van der Waals surface area contributed by atoms with Crippen LogP contribution in [0.15, 0.2) is 40.2 Å². The molecule has 2 N–H and O–H groups in total. The van der Waals surface area contributed by atoms with Gasteiger partial charge in [0.2, 0.25) is 21.4 Å². The summed E-state index contributed by atoms with van der Waals surface area (Å²) in [6.07, 6.45) is 2.60. The smallest absolute Gasteiger partial charge is 0.244 e. The molecule has 2 heterocycles. The van der Waals surface area contributed by atoms with Crippen molar-refractivity contribution >= 4 is 21.6 Å². The minimum atomic E-state index is -3.98. The molecule has 2 aromatic rings. The molecular formula is C21H27N3O6S. The molecule has 0 spiro atoms. The summed E-state index contributed by atoms with van der Waals surface area (Å²) in [6, 6.07) is 5.91. The number of nitrogens with zero attached hydrogens (tertiary/aromatic N) is 1. The highest BCUT2D eigenvalue weighted by Crippen LogP contribution is 2.31. The number of rotatable bonds is 9. The molecule has 0 saturated carbocycles. The topological polar surface area (TPSA) is 118 Å². The van der Waals surface area contributed by atoms with Gasteiger partial charge in [0.05, 0.1) is 20.3 Å². The van der Waals surface area contributed by atoms with Crippen LogP contribution in [0.4, 0.5) is 5.69 Å². The Kier molecular flexibility index (Phi) is 7.01. The first-order valence-electron chi connectivity index (χ1n) is 10.0. The van der Waals surface area contributed by atoms with E-state index in [9.17, 15) is 18.0 Å². The summed E-state index contributed by atoms with van der Waals surface area (Å²) in [7, 11) is -2.60. The van der Waals surface area contributed by atoms with Crippen LogP contribution in [0.3, 0.4) is 0 Å². The Labute approximate surface area is 181 Å². The van der Waals surface area contributed by atoms with E-state index >= 15 is 0 Å². The van der Waals surface area contributed by atoms with Crippen LogP contribution in [-0.4, -0.2) is 39.6 Å². The van der Waals surface area contributed by atoms with Gasteiger partial charge in [-0.1, -0.05) is 13.8 Å². The lowest BCUT2D eigenvalue weighted by Crippen LogP contribution is -2.27. The van der Waals surface area contributed by atoms with Gasteiger partial charge in [-0.05, 0) is 30.5 Å². The third-order valence-corrected chi connectivity index (χ3v) is 6.21. The number of aromatic amines is 1. The van der Waals surface area contributed by atoms with Crippen molar-refractivity contribution in [2.45, 2.75) is 38.1 Å². The minimum Gasteiger partial charge on any atom is -0.495 e. The molecule has 3 rings (SSSR count). The normalized spacial score (nSPS) is 14.3. The predicted octanol–water partition coefficient (Wildman–Crippen LogP) is 2.02. The molecule has 0 unspecified atom stereocenters. The van der Waals surface area contributed by atoms with Crippen molar-refractivity contribution in [1.82, 2.24) is 9.71 Å². The van der Waals surface area contributed by atoms with Crippen LogP contribution in [-0.2, 0) is 21.4 Å². The number of carbonyl (C=O) groups is 1. The Morgan fingerprint density at radius 1 is 1.19 bits per heavy atom. The maximum absolute atomic E-state index is 13.0. The first-order valence-corrected chi connectivity index (χ1v) is 11.5. The average molecular weight is 450 g/mol. The highest BCUT2D eigenvalue weighted by atomic mass is 32.2. The molecule has 1 aliphatic rings. The summed E-state index contributed by atoms with van der Waals surface area (Å²) in [6.45, 7) is 4.77. The van der Waals surface area contributed by atoms with Crippen LogP contribution < -0.4 is 24.5 Å². The van der Waals surface area contributed by atoms with Crippen LogP contribution in [0, 0.1) is 5.92 Å². The number of aromatic nitrogens is 1. The van der Waals surface area contributed by atoms with E-state index in [1.807, 2.05) is 13.8 Å². The number of amides is 1. The zero-order valence-corrected chi connectivity index (χ0v) is 18.6. The number of hydrogen-bond acceptors (Lipinski definition) is 6. The molecule has 1 aromatic carbocycles. The molecule has 1 fully saturated rings. The lowest BCUT2D eigenvalue weighted by molar-refractivity contribution is -0.117. The van der Waals surface area contributed by atoms with Gasteiger partial charge >= 0.3 is 0 Å². The molecule has 1 aromatic heterocycles. The fraction of sp³-hybridized carbons (Fsp3) is 0.429. The Morgan fingerprint density at radius 2 is 1.97 bits per heavy atom. The Hall–Kier alpha value is -2.85. The van der Waals surface area contributed by atoms with Crippen LogP contribution in [0.2, 0.25) is 0 Å². The lowest BCUT2D eigenvalue weighted by Gasteiger charge is -2.18. The molecule has 1 saturated heterocycles. The highest BCUT2D eigenvalue weighted by Gasteiger charge is 2.26. The van der Waals surface area contributed by atoms with Crippen LogP contribution in [0.5, 0.6) is 11.5 Å². The van der Waals surface area contributed by atoms with E-state index in [2.05, 4.69) is 9.71 Å². The van der Waals surface area contributed by atoms with Gasteiger partial charge in [-0.2, -0.15) is 0 Å². The van der Waals surface area contributed by atoms with Crippen LogP contribution in [0.25, 0.3) is 0 Å². The van der Waals surface area contributed by atoms with E-state index in [0.29, 0.717) is 31.0 Å². The number of nitrogens with one attached hydrogen (secondary N) is 2. The third-order valence-electron chi connectivity index (χ3n) is 4.78. The largest absolute Gasteiger partial charge is 0.495 e. The molecule has 0 radical (unpaired) electrons. The number of benzene rings is 1. The summed E-state index contributed by atoms with van der Waals surface area (Å²) in [5.41, 5.74) is 0.555. The summed E-state index contributed by atoms with van der Waals surface area (Å²) >= 11 is 0. The molecule has 31 heavy (non-hydrogen) atoms. The van der Waals surface area contributed by atoms with Gasteiger partial charge in [0.1, 0.15) is 10.6 Å². The Morgan fingerprint density at radius 3 is 2.58 bits per heavy atom.